The molecule has 0 bridgehead atoms. The summed E-state index contributed by atoms with van der Waals surface area (Å²) in [4.78, 5) is 0.0921. The second kappa shape index (κ2) is 4.70. The van der Waals surface area contributed by atoms with Gasteiger partial charge in [-0.25, -0.2) is 8.78 Å². The monoisotopic (exact) mass is 239 g/mol. The van der Waals surface area contributed by atoms with Crippen LogP contribution in [0, 0.1) is 0 Å². The van der Waals surface area contributed by atoms with E-state index in [1.807, 2.05) is 0 Å². The normalized spacial score (nSPS) is 13.1. The van der Waals surface area contributed by atoms with Gasteiger partial charge in [0.2, 0.25) is 6.43 Å². The first-order valence-corrected chi connectivity index (χ1v) is 5.42. The second-order valence-corrected chi connectivity index (χ2v) is 4.40. The largest absolute Gasteiger partial charge is 0.398 e. The molecule has 0 fully saturated rings. The number of alkyl halides is 2. The first-order chi connectivity index (χ1) is 6.52. The molecule has 1 aromatic rings. The van der Waals surface area contributed by atoms with Gasteiger partial charge in [0.25, 0.3) is 0 Å². The molecule has 0 aliphatic rings. The van der Waals surface area contributed by atoms with Gasteiger partial charge in [0.15, 0.2) is 0 Å². The maximum Gasteiger partial charge on any atom is 0.250 e. The zero-order chi connectivity index (χ0) is 10.7. The van der Waals surface area contributed by atoms with E-state index in [0.717, 1.165) is 0 Å². The molecule has 0 aliphatic heterocycles. The number of benzene rings is 1. The van der Waals surface area contributed by atoms with Crippen molar-refractivity contribution in [3.63, 3.8) is 0 Å². The van der Waals surface area contributed by atoms with Crippen molar-refractivity contribution in [3.05, 3.63) is 23.2 Å². The van der Waals surface area contributed by atoms with E-state index in [4.69, 9.17) is 17.3 Å². The summed E-state index contributed by atoms with van der Waals surface area (Å²) in [5.41, 5.74) is 5.65. The average molecular weight is 240 g/mol. The molecule has 0 spiro atoms. The summed E-state index contributed by atoms with van der Waals surface area (Å²) < 4.78 is 35.3. The summed E-state index contributed by atoms with van der Waals surface area (Å²) in [6, 6.07) is 4.52. The van der Waals surface area contributed by atoms with Crippen LogP contribution in [-0.4, -0.2) is 16.4 Å². The van der Waals surface area contributed by atoms with E-state index in [9.17, 15) is 13.0 Å². The molecule has 1 atom stereocenters. The van der Waals surface area contributed by atoms with Gasteiger partial charge in [-0.05, 0) is 12.1 Å². The molecule has 78 valence electrons. The number of anilines is 1. The summed E-state index contributed by atoms with van der Waals surface area (Å²) in [5.74, 6) is -0.742. The Kier molecular flexibility index (Phi) is 3.83. The van der Waals surface area contributed by atoms with Crippen molar-refractivity contribution in [2.24, 2.45) is 0 Å². The molecule has 0 heterocycles. The summed E-state index contributed by atoms with van der Waals surface area (Å²) >= 11 is 5.69. The van der Waals surface area contributed by atoms with E-state index in [-0.39, 0.29) is 15.6 Å². The summed E-state index contributed by atoms with van der Waals surface area (Å²) in [6.45, 7) is 0. The van der Waals surface area contributed by atoms with Crippen molar-refractivity contribution in [2.45, 2.75) is 11.3 Å². The highest BCUT2D eigenvalue weighted by atomic mass is 35.5. The summed E-state index contributed by atoms with van der Waals surface area (Å²) in [7, 11) is -1.84. The highest BCUT2D eigenvalue weighted by Gasteiger charge is 2.16. The number of nitrogens with two attached hydrogens (primary N) is 1. The summed E-state index contributed by atoms with van der Waals surface area (Å²) in [6.07, 6.45) is -2.63. The number of halogens is 3. The van der Waals surface area contributed by atoms with E-state index in [1.165, 1.54) is 12.1 Å². The lowest BCUT2D eigenvalue weighted by Gasteiger charge is -2.06. The van der Waals surface area contributed by atoms with Crippen LogP contribution in [0.2, 0.25) is 5.02 Å². The van der Waals surface area contributed by atoms with Gasteiger partial charge in [-0.2, -0.15) is 0 Å². The van der Waals surface area contributed by atoms with Crippen molar-refractivity contribution in [1.29, 1.82) is 0 Å². The van der Waals surface area contributed by atoms with Crippen LogP contribution in [0.3, 0.4) is 0 Å². The minimum absolute atomic E-state index is 0.0921. The Labute approximate surface area is 87.5 Å². The van der Waals surface area contributed by atoms with Crippen LogP contribution in [0.25, 0.3) is 0 Å². The molecule has 2 N–H and O–H groups in total. The lowest BCUT2D eigenvalue weighted by Crippen LogP contribution is -2.09. The lowest BCUT2D eigenvalue weighted by molar-refractivity contribution is 0.175. The van der Waals surface area contributed by atoms with E-state index in [0.29, 0.717) is 0 Å². The van der Waals surface area contributed by atoms with Gasteiger partial charge in [-0.15, -0.1) is 0 Å². The molecule has 0 saturated heterocycles. The van der Waals surface area contributed by atoms with Crippen molar-refractivity contribution >= 4 is 28.1 Å². The molecule has 14 heavy (non-hydrogen) atoms. The molecule has 0 aliphatic carbocycles. The van der Waals surface area contributed by atoms with Gasteiger partial charge in [-0.3, -0.25) is 4.21 Å². The van der Waals surface area contributed by atoms with Crippen molar-refractivity contribution in [1.82, 2.24) is 0 Å². The number of rotatable bonds is 3. The minimum Gasteiger partial charge on any atom is -0.398 e. The first-order valence-electron chi connectivity index (χ1n) is 3.73. The topological polar surface area (TPSA) is 43.1 Å². The fourth-order valence-corrected chi connectivity index (χ4v) is 2.42. The third kappa shape index (κ3) is 2.65. The van der Waals surface area contributed by atoms with Gasteiger partial charge < -0.3 is 5.73 Å². The standard InChI is InChI=1S/C8H8ClF2NOS/c9-5-2-1-3-6(12)8(5)14(13)4-7(10)11/h1-3,7H,4,12H2. The maximum absolute atomic E-state index is 12.0. The van der Waals surface area contributed by atoms with E-state index in [2.05, 4.69) is 0 Å². The zero-order valence-corrected chi connectivity index (χ0v) is 8.62. The van der Waals surface area contributed by atoms with Crippen LogP contribution in [0.5, 0.6) is 0 Å². The molecule has 0 amide bonds. The van der Waals surface area contributed by atoms with Crippen molar-refractivity contribution in [2.75, 3.05) is 11.5 Å². The average Bonchev–Trinajstić information content (AvgIpc) is 2.01. The predicted molar refractivity (Wildman–Crippen MR) is 53.1 cm³/mol. The molecule has 1 rings (SSSR count). The molecular formula is C8H8ClF2NOS. The zero-order valence-electron chi connectivity index (χ0n) is 7.04. The number of hydrogen-bond donors (Lipinski definition) is 1. The van der Waals surface area contributed by atoms with Gasteiger partial charge in [0, 0.05) is 5.69 Å². The Morgan fingerprint density at radius 2 is 2.14 bits per heavy atom. The van der Waals surface area contributed by atoms with Gasteiger partial charge in [-0.1, -0.05) is 17.7 Å². The molecule has 2 nitrogen and oxygen atoms in total. The third-order valence-electron chi connectivity index (χ3n) is 1.50. The Balaban J connectivity index is 3.00. The van der Waals surface area contributed by atoms with Gasteiger partial charge >= 0.3 is 0 Å². The molecule has 1 unspecified atom stereocenters. The highest BCUT2D eigenvalue weighted by molar-refractivity contribution is 7.85. The van der Waals surface area contributed by atoms with Crippen LogP contribution < -0.4 is 5.73 Å². The van der Waals surface area contributed by atoms with Crippen LogP contribution in [0.4, 0.5) is 14.5 Å². The molecule has 1 aromatic carbocycles. The third-order valence-corrected chi connectivity index (χ3v) is 3.40. The van der Waals surface area contributed by atoms with Crippen LogP contribution >= 0.6 is 11.6 Å². The van der Waals surface area contributed by atoms with Crippen molar-refractivity contribution in [3.8, 4) is 0 Å². The Morgan fingerprint density at radius 1 is 1.50 bits per heavy atom. The van der Waals surface area contributed by atoms with Crippen molar-refractivity contribution < 1.29 is 13.0 Å². The minimum atomic E-state index is -2.63. The molecule has 0 saturated carbocycles. The molecule has 6 heteroatoms. The predicted octanol–water partition coefficient (Wildman–Crippen LogP) is 2.29. The smallest absolute Gasteiger partial charge is 0.250 e. The van der Waals surface area contributed by atoms with Crippen LogP contribution in [0.15, 0.2) is 23.1 Å². The van der Waals surface area contributed by atoms with E-state index < -0.39 is 23.0 Å². The maximum atomic E-state index is 12.0. The molecule has 0 aromatic heterocycles. The second-order valence-electron chi connectivity index (χ2n) is 2.56. The van der Waals surface area contributed by atoms with Gasteiger partial charge in [0.05, 0.1) is 26.5 Å². The van der Waals surface area contributed by atoms with Crippen LogP contribution in [-0.2, 0) is 10.8 Å². The molecule has 0 radical (unpaired) electrons. The quantitative estimate of drug-likeness (QED) is 0.823. The fraction of sp³-hybridized carbons (Fsp3) is 0.250. The lowest BCUT2D eigenvalue weighted by atomic mass is 10.3. The Hall–Kier alpha value is -0.680. The Bertz CT molecular complexity index is 339. The highest BCUT2D eigenvalue weighted by Crippen LogP contribution is 2.26. The first kappa shape index (κ1) is 11.4. The summed E-state index contributed by atoms with van der Waals surface area (Å²) in [5, 5.41) is 0.156. The Morgan fingerprint density at radius 3 is 2.64 bits per heavy atom. The SMILES string of the molecule is Nc1cccc(Cl)c1S(=O)CC(F)F. The van der Waals surface area contributed by atoms with E-state index in [1.54, 1.807) is 6.07 Å². The number of hydrogen-bond acceptors (Lipinski definition) is 2. The van der Waals surface area contributed by atoms with E-state index >= 15 is 0 Å². The van der Waals surface area contributed by atoms with Gasteiger partial charge in [0.1, 0.15) is 0 Å². The van der Waals surface area contributed by atoms with Crippen LogP contribution in [0.1, 0.15) is 0 Å². The molecular weight excluding hydrogens is 232 g/mol. The fourth-order valence-electron chi connectivity index (χ4n) is 0.963. The number of nitrogen functional groups attached to an aromatic ring is 1.